The zero-order valence-corrected chi connectivity index (χ0v) is 12.4. The Bertz CT molecular complexity index is 480. The molecule has 0 radical (unpaired) electrons. The molecule has 0 aromatic carbocycles. The van der Waals surface area contributed by atoms with Gasteiger partial charge in [0.25, 0.3) is 5.91 Å². The van der Waals surface area contributed by atoms with Gasteiger partial charge in [0.2, 0.25) is 0 Å². The molecule has 1 amide bonds. The van der Waals surface area contributed by atoms with Crippen molar-refractivity contribution in [1.29, 1.82) is 0 Å². The van der Waals surface area contributed by atoms with Gasteiger partial charge in [-0.2, -0.15) is 0 Å². The molecule has 0 bridgehead atoms. The van der Waals surface area contributed by atoms with E-state index in [0.29, 0.717) is 5.69 Å². The minimum absolute atomic E-state index is 0.0387. The summed E-state index contributed by atoms with van der Waals surface area (Å²) in [5.41, 5.74) is 1.67. The van der Waals surface area contributed by atoms with Crippen molar-refractivity contribution in [3.63, 3.8) is 0 Å². The lowest BCUT2D eigenvalue weighted by atomic mass is 10.1. The van der Waals surface area contributed by atoms with Gasteiger partial charge in [-0.3, -0.25) is 4.79 Å². The molecule has 0 aliphatic carbocycles. The summed E-state index contributed by atoms with van der Waals surface area (Å²) in [7, 11) is 0. The molecule has 2 aliphatic heterocycles. The lowest BCUT2D eigenvalue weighted by Crippen LogP contribution is -2.39. The second kappa shape index (κ2) is 5.63. The first kappa shape index (κ1) is 13.1. The fraction of sp³-hybridized carbons (Fsp3) is 0.692. The molecule has 0 atom stereocenters. The summed E-state index contributed by atoms with van der Waals surface area (Å²) >= 11 is 3.45. The third-order valence-electron chi connectivity index (χ3n) is 3.84. The van der Waals surface area contributed by atoms with Gasteiger partial charge in [-0.25, -0.2) is 4.98 Å². The van der Waals surface area contributed by atoms with Gasteiger partial charge < -0.3 is 14.6 Å². The van der Waals surface area contributed by atoms with Gasteiger partial charge in [0.1, 0.15) is 0 Å². The van der Waals surface area contributed by atoms with Crippen LogP contribution in [0.2, 0.25) is 0 Å². The Morgan fingerprint density at radius 2 is 2.16 bits per heavy atom. The van der Waals surface area contributed by atoms with Crippen molar-refractivity contribution < 1.29 is 9.53 Å². The number of rotatable bonds is 2. The molecule has 2 aliphatic rings. The summed E-state index contributed by atoms with van der Waals surface area (Å²) in [5.74, 6) is -0.0387. The van der Waals surface area contributed by atoms with Crippen LogP contribution in [0.1, 0.15) is 41.9 Å². The number of imidazole rings is 1. The Morgan fingerprint density at radius 1 is 1.37 bits per heavy atom. The molecule has 104 valence electrons. The molecule has 19 heavy (non-hydrogen) atoms. The number of hydrogen-bond donors (Lipinski definition) is 1. The normalized spacial score (nSPS) is 20.1. The lowest BCUT2D eigenvalue weighted by Gasteiger charge is -2.23. The maximum Gasteiger partial charge on any atom is 0.272 e. The Balaban J connectivity index is 1.76. The van der Waals surface area contributed by atoms with E-state index < -0.39 is 0 Å². The summed E-state index contributed by atoms with van der Waals surface area (Å²) in [5, 5.41) is 3.08. The maximum atomic E-state index is 12.3. The van der Waals surface area contributed by atoms with E-state index in [-0.39, 0.29) is 11.9 Å². The van der Waals surface area contributed by atoms with Crippen LogP contribution in [0.5, 0.6) is 0 Å². The molecule has 0 unspecified atom stereocenters. The van der Waals surface area contributed by atoms with Crippen LogP contribution in [0, 0.1) is 0 Å². The molecule has 3 rings (SSSR count). The van der Waals surface area contributed by atoms with E-state index in [1.807, 2.05) is 0 Å². The van der Waals surface area contributed by atoms with Gasteiger partial charge in [0.05, 0.1) is 5.69 Å². The van der Waals surface area contributed by atoms with Crippen molar-refractivity contribution in [2.24, 2.45) is 0 Å². The topological polar surface area (TPSA) is 56.1 Å². The number of fused-ring (bicyclic) bond motifs is 1. The Hall–Kier alpha value is -0.880. The Morgan fingerprint density at radius 3 is 2.95 bits per heavy atom. The molecular formula is C13H18BrN3O2. The van der Waals surface area contributed by atoms with E-state index >= 15 is 0 Å². The van der Waals surface area contributed by atoms with Crippen molar-refractivity contribution in [2.45, 2.75) is 44.7 Å². The number of hydrogen-bond acceptors (Lipinski definition) is 3. The fourth-order valence-electron chi connectivity index (χ4n) is 2.78. The molecule has 5 nitrogen and oxygen atoms in total. The second-order valence-electron chi connectivity index (χ2n) is 5.14. The average Bonchev–Trinajstić information content (AvgIpc) is 2.78. The summed E-state index contributed by atoms with van der Waals surface area (Å²) in [6.45, 7) is 2.42. The van der Waals surface area contributed by atoms with E-state index in [1.165, 1.54) is 0 Å². The quantitative estimate of drug-likeness (QED) is 0.902. The first-order valence-corrected chi connectivity index (χ1v) is 7.68. The number of nitrogens with zero attached hydrogens (tertiary/aromatic N) is 2. The summed E-state index contributed by atoms with van der Waals surface area (Å²) in [6.07, 6.45) is 5.01. The zero-order valence-electron chi connectivity index (χ0n) is 10.8. The highest BCUT2D eigenvalue weighted by Gasteiger charge is 2.25. The number of carbonyl (C=O) groups excluding carboxylic acids is 1. The SMILES string of the molecule is O=C(NC1CCOCC1)c1nc(Br)n2c1CCCC2. The van der Waals surface area contributed by atoms with Gasteiger partial charge in [-0.15, -0.1) is 0 Å². The van der Waals surface area contributed by atoms with Crippen molar-refractivity contribution in [3.05, 3.63) is 16.1 Å². The predicted molar refractivity (Wildman–Crippen MR) is 74.2 cm³/mol. The number of ether oxygens (including phenoxy) is 1. The third kappa shape index (κ3) is 2.69. The molecule has 6 heteroatoms. The molecular weight excluding hydrogens is 310 g/mol. The van der Waals surface area contributed by atoms with Gasteiger partial charge in [-0.05, 0) is 48.0 Å². The predicted octanol–water partition coefficient (Wildman–Crippen LogP) is 1.89. The minimum atomic E-state index is -0.0387. The van der Waals surface area contributed by atoms with E-state index in [9.17, 15) is 4.79 Å². The van der Waals surface area contributed by atoms with Crippen LogP contribution in [0.4, 0.5) is 0 Å². The van der Waals surface area contributed by atoms with Crippen LogP contribution in [0.15, 0.2) is 4.73 Å². The number of amides is 1. The number of carbonyl (C=O) groups is 1. The summed E-state index contributed by atoms with van der Waals surface area (Å²) in [4.78, 5) is 16.7. The van der Waals surface area contributed by atoms with Crippen LogP contribution >= 0.6 is 15.9 Å². The minimum Gasteiger partial charge on any atom is -0.381 e. The summed E-state index contributed by atoms with van der Waals surface area (Å²) < 4.78 is 8.19. The molecule has 1 aromatic heterocycles. The number of halogens is 1. The van der Waals surface area contributed by atoms with Crippen LogP contribution in [-0.2, 0) is 17.7 Å². The zero-order chi connectivity index (χ0) is 13.2. The van der Waals surface area contributed by atoms with Gasteiger partial charge >= 0.3 is 0 Å². The fourth-order valence-corrected chi connectivity index (χ4v) is 3.35. The van der Waals surface area contributed by atoms with Crippen LogP contribution < -0.4 is 5.32 Å². The standard InChI is InChI=1S/C13H18BrN3O2/c14-13-16-11(10-3-1-2-6-17(10)13)12(18)15-9-4-7-19-8-5-9/h9H,1-8H2,(H,15,18). The van der Waals surface area contributed by atoms with E-state index in [1.54, 1.807) is 0 Å². The largest absolute Gasteiger partial charge is 0.381 e. The first-order valence-electron chi connectivity index (χ1n) is 6.89. The van der Waals surface area contributed by atoms with Crippen LogP contribution in [0.3, 0.4) is 0 Å². The lowest BCUT2D eigenvalue weighted by molar-refractivity contribution is 0.0693. The molecule has 1 N–H and O–H groups in total. The van der Waals surface area contributed by atoms with Gasteiger partial charge in [0, 0.05) is 25.8 Å². The second-order valence-corrected chi connectivity index (χ2v) is 5.85. The van der Waals surface area contributed by atoms with Crippen LogP contribution in [-0.4, -0.2) is 34.7 Å². The smallest absolute Gasteiger partial charge is 0.272 e. The Kier molecular flexibility index (Phi) is 3.88. The molecule has 1 saturated heterocycles. The maximum absolute atomic E-state index is 12.3. The van der Waals surface area contributed by atoms with Gasteiger partial charge in [-0.1, -0.05) is 0 Å². The molecule has 3 heterocycles. The monoisotopic (exact) mass is 327 g/mol. The van der Waals surface area contributed by atoms with Crippen molar-refractivity contribution in [1.82, 2.24) is 14.9 Å². The molecule has 0 saturated carbocycles. The van der Waals surface area contributed by atoms with Crippen molar-refractivity contribution >= 4 is 21.8 Å². The van der Waals surface area contributed by atoms with E-state index in [2.05, 4.69) is 30.8 Å². The molecule has 0 spiro atoms. The number of aromatic nitrogens is 2. The van der Waals surface area contributed by atoms with E-state index in [4.69, 9.17) is 4.74 Å². The number of nitrogens with one attached hydrogen (secondary N) is 1. The average molecular weight is 328 g/mol. The highest BCUT2D eigenvalue weighted by atomic mass is 79.9. The summed E-state index contributed by atoms with van der Waals surface area (Å²) in [6, 6.07) is 0.223. The highest BCUT2D eigenvalue weighted by molar-refractivity contribution is 9.10. The van der Waals surface area contributed by atoms with Gasteiger partial charge in [0.15, 0.2) is 10.4 Å². The van der Waals surface area contributed by atoms with Crippen molar-refractivity contribution in [2.75, 3.05) is 13.2 Å². The van der Waals surface area contributed by atoms with Crippen LogP contribution in [0.25, 0.3) is 0 Å². The highest BCUT2D eigenvalue weighted by Crippen LogP contribution is 2.24. The first-order chi connectivity index (χ1) is 9.25. The Labute approximate surface area is 120 Å². The van der Waals surface area contributed by atoms with E-state index in [0.717, 1.165) is 62.3 Å². The molecule has 1 fully saturated rings. The van der Waals surface area contributed by atoms with Crippen molar-refractivity contribution in [3.8, 4) is 0 Å². The third-order valence-corrected chi connectivity index (χ3v) is 4.45. The molecule has 1 aromatic rings.